The highest BCUT2D eigenvalue weighted by molar-refractivity contribution is 7.85. The molecule has 10 heteroatoms. The Hall–Kier alpha value is -2.20. The normalized spacial score (nSPS) is 14.9. The van der Waals surface area contributed by atoms with Crippen molar-refractivity contribution in [2.45, 2.75) is 19.3 Å². The number of amides is 1. The first-order chi connectivity index (χ1) is 15.7. The molecule has 0 atom stereocenters. The van der Waals surface area contributed by atoms with E-state index in [-0.39, 0.29) is 30.5 Å². The minimum atomic E-state index is -4.04. The Balaban J connectivity index is 1.44. The maximum atomic E-state index is 13.0. The lowest BCUT2D eigenvalue weighted by Crippen LogP contribution is -2.50. The first-order valence-corrected chi connectivity index (χ1v) is 12.8. The molecule has 1 amide bonds. The Bertz CT molecular complexity index is 1040. The molecule has 3 rings (SSSR count). The highest BCUT2D eigenvalue weighted by atomic mass is 35.5. The molecule has 33 heavy (non-hydrogen) atoms. The van der Waals surface area contributed by atoms with Crippen LogP contribution in [0.15, 0.2) is 42.5 Å². The molecule has 0 saturated carbocycles. The molecule has 0 aromatic heterocycles. The molecule has 2 aromatic rings. The molecular weight excluding hydrogens is 471 g/mol. The van der Waals surface area contributed by atoms with E-state index >= 15 is 0 Å². The summed E-state index contributed by atoms with van der Waals surface area (Å²) in [6, 6.07) is 11.5. The minimum Gasteiger partial charge on any atom is -0.483 e. The van der Waals surface area contributed by atoms with Crippen LogP contribution in [0.5, 0.6) is 5.75 Å². The Morgan fingerprint density at radius 2 is 1.76 bits per heavy atom. The molecule has 1 heterocycles. The first-order valence-electron chi connectivity index (χ1n) is 10.8. The highest BCUT2D eigenvalue weighted by Crippen LogP contribution is 2.24. The van der Waals surface area contributed by atoms with Crippen LogP contribution in [0.2, 0.25) is 5.02 Å². The van der Waals surface area contributed by atoms with Gasteiger partial charge in [-0.05, 0) is 60.7 Å². The zero-order chi connectivity index (χ0) is 23.8. The van der Waals surface area contributed by atoms with Crippen molar-refractivity contribution in [3.8, 4) is 5.75 Å². The van der Waals surface area contributed by atoms with E-state index in [1.807, 2.05) is 0 Å². The maximum absolute atomic E-state index is 13.0. The van der Waals surface area contributed by atoms with Gasteiger partial charge in [0.2, 0.25) is 0 Å². The summed E-state index contributed by atoms with van der Waals surface area (Å²) in [5.74, 6) is -0.242. The van der Waals surface area contributed by atoms with Crippen molar-refractivity contribution in [1.29, 1.82) is 0 Å². The fourth-order valence-electron chi connectivity index (χ4n) is 3.72. The molecule has 1 aliphatic heterocycles. The lowest BCUT2D eigenvalue weighted by atomic mass is 10.1. The van der Waals surface area contributed by atoms with E-state index < -0.39 is 10.1 Å². The van der Waals surface area contributed by atoms with Crippen molar-refractivity contribution < 1.29 is 26.9 Å². The number of nitrogens with zero attached hydrogens (tertiary/aromatic N) is 2. The minimum absolute atomic E-state index is 0.118. The van der Waals surface area contributed by atoms with Crippen molar-refractivity contribution in [3.63, 3.8) is 0 Å². The third-order valence-corrected chi connectivity index (χ3v) is 6.62. The lowest BCUT2D eigenvalue weighted by molar-refractivity contribution is -0.135. The zero-order valence-corrected chi connectivity index (χ0v) is 19.8. The fourth-order valence-corrected chi connectivity index (χ4v) is 4.42. The van der Waals surface area contributed by atoms with Crippen LogP contribution in [0.4, 0.5) is 4.39 Å². The summed E-state index contributed by atoms with van der Waals surface area (Å²) in [5, 5.41) is 0.479. The van der Waals surface area contributed by atoms with Gasteiger partial charge in [-0.25, -0.2) is 4.39 Å². The molecule has 1 aliphatic rings. The van der Waals surface area contributed by atoms with E-state index in [0.717, 1.165) is 31.6 Å². The molecule has 0 radical (unpaired) electrons. The van der Waals surface area contributed by atoms with Crippen LogP contribution < -0.4 is 4.74 Å². The SMILES string of the molecule is O=C(COc1ccc(Cl)cc1CCCS(=O)(=O)O)N1CCN(CCc2ccc(F)cc2)CC1. The molecule has 1 saturated heterocycles. The highest BCUT2D eigenvalue weighted by Gasteiger charge is 2.21. The standard InChI is InChI=1S/C23H28ClFN2O5S/c24-20-5-8-22(19(16-20)2-1-15-33(29,30)31)32-17-23(28)27-13-11-26(12-14-27)10-9-18-3-6-21(25)7-4-18/h3-8,16H,1-2,9-15,17H2,(H,29,30,31). The van der Waals surface area contributed by atoms with Crippen LogP contribution in [0.3, 0.4) is 0 Å². The number of carbonyl (C=O) groups excluding carboxylic acids is 1. The second-order valence-corrected chi connectivity index (χ2v) is 10.0. The number of hydrogen-bond acceptors (Lipinski definition) is 5. The summed E-state index contributed by atoms with van der Waals surface area (Å²) in [6.07, 6.45) is 1.38. The van der Waals surface area contributed by atoms with Crippen LogP contribution >= 0.6 is 11.6 Å². The third-order valence-electron chi connectivity index (χ3n) is 5.58. The molecule has 1 fully saturated rings. The summed E-state index contributed by atoms with van der Waals surface area (Å²) >= 11 is 6.04. The fraction of sp³-hybridized carbons (Fsp3) is 0.435. The van der Waals surface area contributed by atoms with Gasteiger partial charge in [-0.3, -0.25) is 14.2 Å². The average Bonchev–Trinajstić information content (AvgIpc) is 2.77. The summed E-state index contributed by atoms with van der Waals surface area (Å²) in [5.41, 5.74) is 1.77. The average molecular weight is 499 g/mol. The Morgan fingerprint density at radius 3 is 2.42 bits per heavy atom. The van der Waals surface area contributed by atoms with Crippen LogP contribution in [-0.2, 0) is 27.8 Å². The molecule has 2 aromatic carbocycles. The quantitative estimate of drug-likeness (QED) is 0.507. The van der Waals surface area contributed by atoms with Crippen molar-refractivity contribution in [3.05, 3.63) is 64.4 Å². The van der Waals surface area contributed by atoms with Gasteiger partial charge in [0.15, 0.2) is 6.61 Å². The van der Waals surface area contributed by atoms with E-state index in [1.165, 1.54) is 12.1 Å². The number of halogens is 2. The van der Waals surface area contributed by atoms with E-state index in [2.05, 4.69) is 4.90 Å². The molecule has 7 nitrogen and oxygen atoms in total. The number of aryl methyl sites for hydroxylation is 1. The summed E-state index contributed by atoms with van der Waals surface area (Å²) < 4.78 is 49.5. The predicted octanol–water partition coefficient (Wildman–Crippen LogP) is 3.07. The summed E-state index contributed by atoms with van der Waals surface area (Å²) in [7, 11) is -4.04. The molecule has 0 aliphatic carbocycles. The summed E-state index contributed by atoms with van der Waals surface area (Å²) in [4.78, 5) is 16.7. The predicted molar refractivity (Wildman–Crippen MR) is 125 cm³/mol. The van der Waals surface area contributed by atoms with E-state index in [1.54, 1.807) is 35.2 Å². The Labute approximate surface area is 198 Å². The second-order valence-electron chi connectivity index (χ2n) is 8.03. The summed E-state index contributed by atoms with van der Waals surface area (Å²) in [6.45, 7) is 3.45. The first kappa shape index (κ1) is 25.4. The van der Waals surface area contributed by atoms with Gasteiger partial charge >= 0.3 is 0 Å². The monoisotopic (exact) mass is 498 g/mol. The molecular formula is C23H28ClFN2O5S. The number of carbonyl (C=O) groups is 1. The Kier molecular flexibility index (Phi) is 9.08. The molecule has 1 N–H and O–H groups in total. The van der Waals surface area contributed by atoms with Crippen LogP contribution in [0, 0.1) is 5.82 Å². The topological polar surface area (TPSA) is 87.1 Å². The van der Waals surface area contributed by atoms with Gasteiger partial charge in [0.1, 0.15) is 11.6 Å². The maximum Gasteiger partial charge on any atom is 0.264 e. The number of ether oxygens (including phenoxy) is 1. The van der Waals surface area contributed by atoms with Crippen LogP contribution in [0.25, 0.3) is 0 Å². The number of piperazine rings is 1. The smallest absolute Gasteiger partial charge is 0.264 e. The van der Waals surface area contributed by atoms with Gasteiger partial charge in [-0.2, -0.15) is 8.42 Å². The second kappa shape index (κ2) is 11.8. The van der Waals surface area contributed by atoms with Gasteiger partial charge in [0, 0.05) is 37.7 Å². The molecule has 0 spiro atoms. The van der Waals surface area contributed by atoms with Gasteiger partial charge < -0.3 is 9.64 Å². The van der Waals surface area contributed by atoms with E-state index in [0.29, 0.717) is 35.8 Å². The van der Waals surface area contributed by atoms with E-state index in [9.17, 15) is 17.6 Å². The Morgan fingerprint density at radius 1 is 1.06 bits per heavy atom. The largest absolute Gasteiger partial charge is 0.483 e. The van der Waals surface area contributed by atoms with Crippen molar-refractivity contribution in [2.24, 2.45) is 0 Å². The van der Waals surface area contributed by atoms with Crippen molar-refractivity contribution >= 4 is 27.6 Å². The number of benzene rings is 2. The number of rotatable bonds is 10. The van der Waals surface area contributed by atoms with E-state index in [4.69, 9.17) is 20.9 Å². The molecule has 180 valence electrons. The van der Waals surface area contributed by atoms with Crippen LogP contribution in [-0.4, -0.2) is 73.8 Å². The third kappa shape index (κ3) is 8.58. The lowest BCUT2D eigenvalue weighted by Gasteiger charge is -2.34. The number of hydrogen-bond donors (Lipinski definition) is 1. The van der Waals surface area contributed by atoms with Gasteiger partial charge in [-0.1, -0.05) is 23.7 Å². The van der Waals surface area contributed by atoms with Gasteiger partial charge in [-0.15, -0.1) is 0 Å². The molecule has 0 unspecified atom stereocenters. The van der Waals surface area contributed by atoms with Crippen molar-refractivity contribution in [2.75, 3.05) is 45.1 Å². The van der Waals surface area contributed by atoms with Gasteiger partial charge in [0.25, 0.3) is 16.0 Å². The van der Waals surface area contributed by atoms with Gasteiger partial charge in [0.05, 0.1) is 5.75 Å². The van der Waals surface area contributed by atoms with Crippen LogP contribution in [0.1, 0.15) is 17.5 Å². The zero-order valence-electron chi connectivity index (χ0n) is 18.3. The van der Waals surface area contributed by atoms with Crippen molar-refractivity contribution in [1.82, 2.24) is 9.80 Å². The molecule has 0 bridgehead atoms.